The second kappa shape index (κ2) is 7.41. The van der Waals surface area contributed by atoms with Gasteiger partial charge >= 0.3 is 0 Å². The average molecular weight is 290 g/mol. The van der Waals surface area contributed by atoms with Gasteiger partial charge in [0.15, 0.2) is 0 Å². The maximum Gasteiger partial charge on any atom is 0.267 e. The molecular formula is C16H26N4O. The van der Waals surface area contributed by atoms with E-state index in [0.717, 1.165) is 31.7 Å². The van der Waals surface area contributed by atoms with Gasteiger partial charge in [0, 0.05) is 31.0 Å². The van der Waals surface area contributed by atoms with Gasteiger partial charge in [-0.1, -0.05) is 6.92 Å². The Balaban J connectivity index is 2.03. The van der Waals surface area contributed by atoms with E-state index < -0.39 is 5.91 Å². The van der Waals surface area contributed by atoms with Crippen molar-refractivity contribution in [3.05, 3.63) is 24.0 Å². The lowest BCUT2D eigenvalue weighted by molar-refractivity contribution is 0.0995. The van der Waals surface area contributed by atoms with Crippen LogP contribution in [0.4, 0.5) is 5.69 Å². The lowest BCUT2D eigenvalue weighted by Crippen LogP contribution is -2.44. The summed E-state index contributed by atoms with van der Waals surface area (Å²) in [7, 11) is 0. The van der Waals surface area contributed by atoms with Crippen molar-refractivity contribution in [2.75, 3.05) is 24.5 Å². The fourth-order valence-corrected chi connectivity index (χ4v) is 2.94. The summed E-state index contributed by atoms with van der Waals surface area (Å²) < 4.78 is 0. The van der Waals surface area contributed by atoms with Gasteiger partial charge in [0.05, 0.1) is 0 Å². The summed E-state index contributed by atoms with van der Waals surface area (Å²) >= 11 is 0. The van der Waals surface area contributed by atoms with E-state index in [9.17, 15) is 4.79 Å². The second-order valence-corrected chi connectivity index (χ2v) is 5.85. The SMILES string of the molecule is CCCNC(C)C1CCCN(c2ccnc(C(N)=O)c2)C1. The number of amides is 1. The van der Waals surface area contributed by atoms with Gasteiger partial charge in [0.25, 0.3) is 5.91 Å². The molecule has 0 aromatic carbocycles. The zero-order valence-electron chi connectivity index (χ0n) is 13.0. The van der Waals surface area contributed by atoms with Crippen LogP contribution in [0.3, 0.4) is 0 Å². The van der Waals surface area contributed by atoms with Crippen molar-refractivity contribution in [2.24, 2.45) is 11.7 Å². The van der Waals surface area contributed by atoms with Gasteiger partial charge < -0.3 is 16.0 Å². The zero-order chi connectivity index (χ0) is 15.2. The third kappa shape index (κ3) is 4.17. The molecule has 5 heteroatoms. The van der Waals surface area contributed by atoms with E-state index in [0.29, 0.717) is 17.7 Å². The summed E-state index contributed by atoms with van der Waals surface area (Å²) in [5, 5.41) is 3.59. The summed E-state index contributed by atoms with van der Waals surface area (Å²) in [6, 6.07) is 4.28. The minimum absolute atomic E-state index is 0.340. The maximum atomic E-state index is 11.3. The molecular weight excluding hydrogens is 264 g/mol. The third-order valence-electron chi connectivity index (χ3n) is 4.24. The van der Waals surface area contributed by atoms with Crippen LogP contribution in [0.5, 0.6) is 0 Å². The molecule has 3 N–H and O–H groups in total. The van der Waals surface area contributed by atoms with Gasteiger partial charge in [-0.3, -0.25) is 9.78 Å². The molecule has 1 amide bonds. The van der Waals surface area contributed by atoms with E-state index in [-0.39, 0.29) is 0 Å². The monoisotopic (exact) mass is 290 g/mol. The Kier molecular flexibility index (Phi) is 5.56. The molecule has 2 unspecified atom stereocenters. The van der Waals surface area contributed by atoms with E-state index in [1.54, 1.807) is 12.3 Å². The van der Waals surface area contributed by atoms with Crippen molar-refractivity contribution in [2.45, 2.75) is 39.2 Å². The highest BCUT2D eigenvalue weighted by Crippen LogP contribution is 2.25. The van der Waals surface area contributed by atoms with Gasteiger partial charge in [-0.25, -0.2) is 0 Å². The lowest BCUT2D eigenvalue weighted by atomic mass is 9.91. The fourth-order valence-electron chi connectivity index (χ4n) is 2.94. The number of nitrogens with two attached hydrogens (primary N) is 1. The first-order valence-corrected chi connectivity index (χ1v) is 7.86. The third-order valence-corrected chi connectivity index (χ3v) is 4.24. The van der Waals surface area contributed by atoms with Crippen LogP contribution in [0, 0.1) is 5.92 Å². The Morgan fingerprint density at radius 2 is 2.43 bits per heavy atom. The number of rotatable bonds is 6. The number of anilines is 1. The van der Waals surface area contributed by atoms with Crippen molar-refractivity contribution in [3.63, 3.8) is 0 Å². The molecule has 116 valence electrons. The van der Waals surface area contributed by atoms with Crippen LogP contribution in [0.15, 0.2) is 18.3 Å². The van der Waals surface area contributed by atoms with Crippen molar-refractivity contribution in [1.82, 2.24) is 10.3 Å². The topological polar surface area (TPSA) is 71.2 Å². The number of carbonyl (C=O) groups is 1. The molecule has 0 aliphatic carbocycles. The zero-order valence-corrected chi connectivity index (χ0v) is 13.0. The van der Waals surface area contributed by atoms with Crippen LogP contribution in [0.2, 0.25) is 0 Å². The van der Waals surface area contributed by atoms with Gasteiger partial charge in [-0.15, -0.1) is 0 Å². The Hall–Kier alpha value is -1.62. The molecule has 2 rings (SSSR count). The van der Waals surface area contributed by atoms with E-state index in [4.69, 9.17) is 5.73 Å². The number of primary amides is 1. The largest absolute Gasteiger partial charge is 0.371 e. The Labute approximate surface area is 126 Å². The fraction of sp³-hybridized carbons (Fsp3) is 0.625. The predicted octanol–water partition coefficient (Wildman–Crippen LogP) is 1.78. The van der Waals surface area contributed by atoms with Crippen LogP contribution in [0.25, 0.3) is 0 Å². The maximum absolute atomic E-state index is 11.3. The van der Waals surface area contributed by atoms with Crippen LogP contribution < -0.4 is 16.0 Å². The number of nitrogens with one attached hydrogen (secondary N) is 1. The molecule has 1 aliphatic rings. The van der Waals surface area contributed by atoms with Gasteiger partial charge in [-0.05, 0) is 50.8 Å². The first-order chi connectivity index (χ1) is 10.1. The standard InChI is InChI=1S/C16H26N4O/c1-3-7-18-12(2)13-5-4-9-20(11-13)14-6-8-19-15(10-14)16(17)21/h6,8,10,12-13,18H,3-5,7,9,11H2,1-2H3,(H2,17,21). The minimum atomic E-state index is -0.469. The van der Waals surface area contributed by atoms with Crippen LogP contribution in [-0.2, 0) is 0 Å². The Morgan fingerprint density at radius 3 is 3.14 bits per heavy atom. The quantitative estimate of drug-likeness (QED) is 0.838. The molecule has 5 nitrogen and oxygen atoms in total. The number of pyridine rings is 1. The Morgan fingerprint density at radius 1 is 1.62 bits per heavy atom. The smallest absolute Gasteiger partial charge is 0.267 e. The molecule has 1 saturated heterocycles. The molecule has 2 heterocycles. The average Bonchev–Trinajstić information content (AvgIpc) is 2.52. The van der Waals surface area contributed by atoms with Crippen molar-refractivity contribution in [3.8, 4) is 0 Å². The highest BCUT2D eigenvalue weighted by Gasteiger charge is 2.24. The van der Waals surface area contributed by atoms with E-state index in [1.165, 1.54) is 12.8 Å². The Bertz CT molecular complexity index is 477. The second-order valence-electron chi connectivity index (χ2n) is 5.85. The first-order valence-electron chi connectivity index (χ1n) is 7.86. The summed E-state index contributed by atoms with van der Waals surface area (Å²) in [5.74, 6) is 0.166. The van der Waals surface area contributed by atoms with E-state index in [2.05, 4.69) is 29.0 Å². The molecule has 0 spiro atoms. The lowest BCUT2D eigenvalue weighted by Gasteiger charge is -2.37. The van der Waals surface area contributed by atoms with Crippen LogP contribution >= 0.6 is 0 Å². The van der Waals surface area contributed by atoms with Crippen molar-refractivity contribution < 1.29 is 4.79 Å². The number of carbonyl (C=O) groups excluding carboxylic acids is 1. The molecule has 1 fully saturated rings. The highest BCUT2D eigenvalue weighted by molar-refractivity contribution is 5.91. The molecule has 0 radical (unpaired) electrons. The normalized spacial score (nSPS) is 20.3. The summed E-state index contributed by atoms with van der Waals surface area (Å²) in [6.07, 6.45) is 5.25. The van der Waals surface area contributed by atoms with Crippen LogP contribution in [0.1, 0.15) is 43.6 Å². The summed E-state index contributed by atoms with van der Waals surface area (Å²) in [6.45, 7) is 7.57. The van der Waals surface area contributed by atoms with E-state index in [1.807, 2.05) is 6.07 Å². The van der Waals surface area contributed by atoms with Crippen molar-refractivity contribution >= 4 is 11.6 Å². The molecule has 0 bridgehead atoms. The van der Waals surface area contributed by atoms with E-state index >= 15 is 0 Å². The number of piperidine rings is 1. The molecule has 1 aliphatic heterocycles. The van der Waals surface area contributed by atoms with Gasteiger partial charge in [0.1, 0.15) is 5.69 Å². The minimum Gasteiger partial charge on any atom is -0.371 e. The number of hydrogen-bond acceptors (Lipinski definition) is 4. The molecule has 1 aromatic heterocycles. The first kappa shape index (κ1) is 15.8. The molecule has 1 aromatic rings. The van der Waals surface area contributed by atoms with Gasteiger partial charge in [0.2, 0.25) is 0 Å². The number of aromatic nitrogens is 1. The predicted molar refractivity (Wildman–Crippen MR) is 85.4 cm³/mol. The molecule has 2 atom stereocenters. The van der Waals surface area contributed by atoms with Crippen molar-refractivity contribution in [1.29, 1.82) is 0 Å². The number of hydrogen-bond donors (Lipinski definition) is 2. The van der Waals surface area contributed by atoms with Gasteiger partial charge in [-0.2, -0.15) is 0 Å². The summed E-state index contributed by atoms with van der Waals surface area (Å²) in [5.41, 5.74) is 6.70. The highest BCUT2D eigenvalue weighted by atomic mass is 16.1. The molecule has 0 saturated carbocycles. The summed E-state index contributed by atoms with van der Waals surface area (Å²) in [4.78, 5) is 17.6. The van der Waals surface area contributed by atoms with Crippen LogP contribution in [-0.4, -0.2) is 36.6 Å². The number of nitrogens with zero attached hydrogens (tertiary/aromatic N) is 2. The molecule has 21 heavy (non-hydrogen) atoms.